The molecule has 4 aromatic rings. The SMILES string of the molecule is COc1ccccc1-c1nn(CC(=O)Nc2cc(C)ccc2C)c(=S)n1-n1cccc1. The number of para-hydroxylation sites is 1. The summed E-state index contributed by atoms with van der Waals surface area (Å²) in [6, 6.07) is 17.3. The van der Waals surface area contributed by atoms with Crippen molar-refractivity contribution in [2.24, 2.45) is 0 Å². The highest BCUT2D eigenvalue weighted by atomic mass is 32.1. The smallest absolute Gasteiger partial charge is 0.246 e. The number of carbonyl (C=O) groups is 1. The molecule has 4 rings (SSSR count). The van der Waals surface area contributed by atoms with Crippen LogP contribution in [0.1, 0.15) is 11.1 Å². The van der Waals surface area contributed by atoms with Gasteiger partial charge in [0.1, 0.15) is 12.3 Å². The Labute approximate surface area is 185 Å². The molecule has 158 valence electrons. The largest absolute Gasteiger partial charge is 0.496 e. The zero-order chi connectivity index (χ0) is 22.0. The van der Waals surface area contributed by atoms with Crippen molar-refractivity contribution in [2.75, 3.05) is 12.4 Å². The molecular formula is C23H23N5O2S. The highest BCUT2D eigenvalue weighted by molar-refractivity contribution is 7.71. The molecule has 0 spiro atoms. The number of nitrogens with zero attached hydrogens (tertiary/aromatic N) is 4. The average Bonchev–Trinajstić information content (AvgIpc) is 3.39. The summed E-state index contributed by atoms with van der Waals surface area (Å²) < 4.78 is 11.0. The van der Waals surface area contributed by atoms with Gasteiger partial charge in [-0.05, 0) is 67.5 Å². The predicted octanol–water partition coefficient (Wildman–Crippen LogP) is 4.46. The summed E-state index contributed by atoms with van der Waals surface area (Å²) in [6.45, 7) is 3.94. The van der Waals surface area contributed by atoms with E-state index in [0.29, 0.717) is 16.3 Å². The van der Waals surface area contributed by atoms with Crippen molar-refractivity contribution in [2.45, 2.75) is 20.4 Å². The van der Waals surface area contributed by atoms with E-state index in [0.717, 1.165) is 22.4 Å². The van der Waals surface area contributed by atoms with Crippen LogP contribution in [-0.4, -0.2) is 32.1 Å². The van der Waals surface area contributed by atoms with Crippen molar-refractivity contribution >= 4 is 23.8 Å². The molecule has 0 unspecified atom stereocenters. The van der Waals surface area contributed by atoms with E-state index in [1.54, 1.807) is 11.8 Å². The summed E-state index contributed by atoms with van der Waals surface area (Å²) in [5.41, 5.74) is 3.63. The second-order valence-electron chi connectivity index (χ2n) is 7.21. The lowest BCUT2D eigenvalue weighted by Gasteiger charge is -2.10. The van der Waals surface area contributed by atoms with E-state index in [4.69, 9.17) is 17.0 Å². The van der Waals surface area contributed by atoms with Gasteiger partial charge in [0, 0.05) is 18.1 Å². The first-order valence-corrected chi connectivity index (χ1v) is 10.2. The maximum absolute atomic E-state index is 12.8. The van der Waals surface area contributed by atoms with E-state index in [1.807, 2.05) is 85.5 Å². The van der Waals surface area contributed by atoms with Crippen LogP contribution < -0.4 is 10.1 Å². The Kier molecular flexibility index (Phi) is 5.73. The highest BCUT2D eigenvalue weighted by Gasteiger charge is 2.19. The Morgan fingerprint density at radius 3 is 2.58 bits per heavy atom. The third kappa shape index (κ3) is 4.15. The van der Waals surface area contributed by atoms with Gasteiger partial charge in [-0.25, -0.2) is 9.36 Å². The molecule has 8 heteroatoms. The Balaban J connectivity index is 1.73. The molecule has 0 saturated heterocycles. The summed E-state index contributed by atoms with van der Waals surface area (Å²) in [5, 5.41) is 7.65. The number of nitrogens with one attached hydrogen (secondary N) is 1. The first kappa shape index (κ1) is 20.6. The monoisotopic (exact) mass is 433 g/mol. The third-order valence-electron chi connectivity index (χ3n) is 4.95. The van der Waals surface area contributed by atoms with Crippen molar-refractivity contribution in [3.8, 4) is 17.1 Å². The van der Waals surface area contributed by atoms with E-state index in [1.165, 1.54) is 4.68 Å². The number of hydrogen-bond donors (Lipinski definition) is 1. The van der Waals surface area contributed by atoms with Gasteiger partial charge >= 0.3 is 0 Å². The van der Waals surface area contributed by atoms with Crippen LogP contribution in [0.25, 0.3) is 11.4 Å². The standard InChI is InChI=1S/C23H23N5O2S/c1-16-10-11-17(2)19(14-16)24-21(29)15-27-23(31)28(26-12-6-7-13-26)22(25-27)18-8-4-5-9-20(18)30-3/h4-14H,15H2,1-3H3,(H,24,29). The summed E-state index contributed by atoms with van der Waals surface area (Å²) >= 11 is 5.69. The molecule has 1 amide bonds. The maximum Gasteiger partial charge on any atom is 0.246 e. The second-order valence-corrected chi connectivity index (χ2v) is 7.57. The molecule has 0 bridgehead atoms. The van der Waals surface area contributed by atoms with Gasteiger partial charge in [-0.15, -0.1) is 5.10 Å². The highest BCUT2D eigenvalue weighted by Crippen LogP contribution is 2.29. The average molecular weight is 434 g/mol. The van der Waals surface area contributed by atoms with Gasteiger partial charge in [0.2, 0.25) is 10.7 Å². The van der Waals surface area contributed by atoms with Crippen LogP contribution in [0.5, 0.6) is 5.75 Å². The summed E-state index contributed by atoms with van der Waals surface area (Å²) in [7, 11) is 1.61. The first-order valence-electron chi connectivity index (χ1n) is 9.82. The summed E-state index contributed by atoms with van der Waals surface area (Å²) in [5.74, 6) is 1.05. The molecule has 1 N–H and O–H groups in total. The fourth-order valence-corrected chi connectivity index (χ4v) is 3.65. The van der Waals surface area contributed by atoms with Gasteiger partial charge < -0.3 is 10.1 Å². The lowest BCUT2D eigenvalue weighted by Crippen LogP contribution is -2.20. The molecular weight excluding hydrogens is 410 g/mol. The van der Waals surface area contributed by atoms with Crippen LogP contribution in [0.3, 0.4) is 0 Å². The van der Waals surface area contributed by atoms with Crippen molar-refractivity contribution in [1.29, 1.82) is 0 Å². The van der Waals surface area contributed by atoms with Crippen molar-refractivity contribution < 1.29 is 9.53 Å². The number of carbonyl (C=O) groups excluding carboxylic acids is 1. The number of amides is 1. The quantitative estimate of drug-likeness (QED) is 0.456. The number of benzene rings is 2. The van der Waals surface area contributed by atoms with Gasteiger partial charge in [0.05, 0.1) is 12.7 Å². The Morgan fingerprint density at radius 2 is 1.84 bits per heavy atom. The topological polar surface area (TPSA) is 66.0 Å². The number of methoxy groups -OCH3 is 1. The molecule has 31 heavy (non-hydrogen) atoms. The molecule has 0 saturated carbocycles. The maximum atomic E-state index is 12.8. The predicted molar refractivity (Wildman–Crippen MR) is 123 cm³/mol. The van der Waals surface area contributed by atoms with Crippen LogP contribution in [0.4, 0.5) is 5.69 Å². The summed E-state index contributed by atoms with van der Waals surface area (Å²) in [4.78, 5) is 12.8. The van der Waals surface area contributed by atoms with Crippen LogP contribution >= 0.6 is 12.2 Å². The van der Waals surface area contributed by atoms with E-state index in [-0.39, 0.29) is 12.5 Å². The molecule has 2 heterocycles. The van der Waals surface area contributed by atoms with Crippen LogP contribution in [-0.2, 0) is 11.3 Å². The fourth-order valence-electron chi connectivity index (χ4n) is 3.36. The zero-order valence-electron chi connectivity index (χ0n) is 17.6. The number of rotatable bonds is 6. The Bertz CT molecular complexity index is 1290. The van der Waals surface area contributed by atoms with Crippen LogP contribution in [0.2, 0.25) is 0 Å². The van der Waals surface area contributed by atoms with Gasteiger partial charge in [-0.3, -0.25) is 9.47 Å². The second kappa shape index (κ2) is 8.61. The fraction of sp³-hybridized carbons (Fsp3) is 0.174. The zero-order valence-corrected chi connectivity index (χ0v) is 18.4. The molecule has 0 aliphatic carbocycles. The molecule has 7 nitrogen and oxygen atoms in total. The van der Waals surface area contributed by atoms with Gasteiger partial charge in [-0.1, -0.05) is 24.3 Å². The molecule has 2 aromatic heterocycles. The molecule has 0 radical (unpaired) electrons. The minimum absolute atomic E-state index is 0.0113. The van der Waals surface area contributed by atoms with E-state index < -0.39 is 0 Å². The van der Waals surface area contributed by atoms with Crippen molar-refractivity contribution in [3.05, 3.63) is 82.9 Å². The van der Waals surface area contributed by atoms with Gasteiger partial charge in [0.15, 0.2) is 5.82 Å². The minimum Gasteiger partial charge on any atom is -0.496 e. The molecule has 2 aromatic carbocycles. The van der Waals surface area contributed by atoms with Crippen molar-refractivity contribution in [1.82, 2.24) is 19.1 Å². The van der Waals surface area contributed by atoms with Crippen LogP contribution in [0, 0.1) is 18.6 Å². The Morgan fingerprint density at radius 1 is 1.10 bits per heavy atom. The lowest BCUT2D eigenvalue weighted by molar-refractivity contribution is -0.116. The number of ether oxygens (including phenoxy) is 1. The van der Waals surface area contributed by atoms with Gasteiger partial charge in [0.25, 0.3) is 0 Å². The number of anilines is 1. The number of hydrogen-bond acceptors (Lipinski definition) is 4. The first-order chi connectivity index (χ1) is 15.0. The number of aromatic nitrogens is 4. The van der Waals surface area contributed by atoms with Gasteiger partial charge in [-0.2, -0.15) is 0 Å². The minimum atomic E-state index is -0.200. The van der Waals surface area contributed by atoms with E-state index >= 15 is 0 Å². The van der Waals surface area contributed by atoms with Crippen LogP contribution in [0.15, 0.2) is 67.0 Å². The Hall–Kier alpha value is -3.65. The third-order valence-corrected chi connectivity index (χ3v) is 5.33. The van der Waals surface area contributed by atoms with Crippen molar-refractivity contribution in [3.63, 3.8) is 0 Å². The van der Waals surface area contributed by atoms with E-state index in [9.17, 15) is 4.79 Å². The molecule has 0 aliphatic heterocycles. The lowest BCUT2D eigenvalue weighted by atomic mass is 10.1. The number of aryl methyl sites for hydroxylation is 2. The molecule has 0 fully saturated rings. The summed E-state index contributed by atoms with van der Waals surface area (Å²) in [6.07, 6.45) is 3.74. The van der Waals surface area contributed by atoms with E-state index in [2.05, 4.69) is 10.4 Å². The molecule has 0 atom stereocenters. The normalized spacial score (nSPS) is 10.8. The molecule has 0 aliphatic rings.